The molecule has 1 aromatic heterocycles. The zero-order valence-corrected chi connectivity index (χ0v) is 10.7. The molecule has 3 atom stereocenters. The smallest absolute Gasteiger partial charge is 0.0649 e. The van der Waals surface area contributed by atoms with Crippen molar-refractivity contribution in [1.29, 1.82) is 0 Å². The van der Waals surface area contributed by atoms with Crippen molar-refractivity contribution in [3.8, 4) is 0 Å². The first kappa shape index (κ1) is 11.5. The van der Waals surface area contributed by atoms with Gasteiger partial charge in [0.25, 0.3) is 0 Å². The predicted octanol–water partition coefficient (Wildman–Crippen LogP) is 2.64. The van der Waals surface area contributed by atoms with Crippen molar-refractivity contribution in [2.24, 2.45) is 0 Å². The molecule has 0 saturated carbocycles. The van der Waals surface area contributed by atoms with Crippen LogP contribution in [0, 0.1) is 0 Å². The van der Waals surface area contributed by atoms with Gasteiger partial charge in [-0.15, -0.1) is 23.1 Å². The summed E-state index contributed by atoms with van der Waals surface area (Å²) in [4.78, 5) is 0. The molecule has 0 aromatic carbocycles. The molecule has 4 heteroatoms. The standard InChI is InChI=1S/C11H17NOS2/c1-7(6-13)12-10-5-8(2)15-11-9(10)3-4-14-11/h3-4,7-8,10,12-13H,5-6H2,1-2H3/t7-,8-,10?/m0/s1. The highest BCUT2D eigenvalue weighted by Crippen LogP contribution is 2.43. The van der Waals surface area contributed by atoms with E-state index in [1.807, 2.05) is 30.0 Å². The highest BCUT2D eigenvalue weighted by Gasteiger charge is 2.26. The Morgan fingerprint density at radius 2 is 2.47 bits per heavy atom. The summed E-state index contributed by atoms with van der Waals surface area (Å²) in [6, 6.07) is 2.81. The van der Waals surface area contributed by atoms with Crippen LogP contribution in [0.3, 0.4) is 0 Å². The fourth-order valence-electron chi connectivity index (χ4n) is 1.90. The van der Waals surface area contributed by atoms with Gasteiger partial charge in [0.15, 0.2) is 0 Å². The first-order chi connectivity index (χ1) is 7.20. The molecular formula is C11H17NOS2. The molecule has 2 rings (SSSR count). The maximum absolute atomic E-state index is 9.06. The number of hydrogen-bond donors (Lipinski definition) is 2. The van der Waals surface area contributed by atoms with Gasteiger partial charge in [-0.25, -0.2) is 0 Å². The third kappa shape index (κ3) is 2.56. The molecular weight excluding hydrogens is 226 g/mol. The fourth-order valence-corrected chi connectivity index (χ4v) is 4.47. The van der Waals surface area contributed by atoms with Crippen molar-refractivity contribution in [1.82, 2.24) is 5.32 Å². The average Bonchev–Trinajstić information content (AvgIpc) is 2.65. The highest BCUT2D eigenvalue weighted by atomic mass is 32.2. The largest absolute Gasteiger partial charge is 0.395 e. The van der Waals surface area contributed by atoms with Gasteiger partial charge in [0.1, 0.15) is 0 Å². The second kappa shape index (κ2) is 4.87. The van der Waals surface area contributed by atoms with E-state index in [4.69, 9.17) is 5.11 Å². The summed E-state index contributed by atoms with van der Waals surface area (Å²) in [7, 11) is 0. The van der Waals surface area contributed by atoms with Gasteiger partial charge in [-0.1, -0.05) is 6.92 Å². The van der Waals surface area contributed by atoms with Gasteiger partial charge < -0.3 is 10.4 Å². The Hall–Kier alpha value is -0.0300. The molecule has 1 unspecified atom stereocenters. The van der Waals surface area contributed by atoms with Gasteiger partial charge in [0.05, 0.1) is 10.8 Å². The summed E-state index contributed by atoms with van der Waals surface area (Å²) < 4.78 is 1.44. The number of thiophene rings is 1. The molecule has 15 heavy (non-hydrogen) atoms. The van der Waals surface area contributed by atoms with E-state index in [-0.39, 0.29) is 12.6 Å². The molecule has 84 valence electrons. The van der Waals surface area contributed by atoms with Crippen molar-refractivity contribution in [2.45, 2.75) is 41.8 Å². The summed E-state index contributed by atoms with van der Waals surface area (Å²) >= 11 is 3.80. The normalized spacial score (nSPS) is 27.4. The molecule has 2 nitrogen and oxygen atoms in total. The minimum absolute atomic E-state index is 0.179. The number of hydrogen-bond acceptors (Lipinski definition) is 4. The second-order valence-electron chi connectivity index (χ2n) is 4.13. The minimum Gasteiger partial charge on any atom is -0.395 e. The summed E-state index contributed by atoms with van der Waals surface area (Å²) in [6.45, 7) is 4.50. The highest BCUT2D eigenvalue weighted by molar-refractivity contribution is 8.01. The number of fused-ring (bicyclic) bond motifs is 1. The van der Waals surface area contributed by atoms with Gasteiger partial charge in [0, 0.05) is 17.3 Å². The first-order valence-corrected chi connectivity index (χ1v) is 7.07. The van der Waals surface area contributed by atoms with E-state index in [1.165, 1.54) is 9.77 Å². The van der Waals surface area contributed by atoms with Crippen LogP contribution >= 0.6 is 23.1 Å². The molecule has 0 amide bonds. The monoisotopic (exact) mass is 243 g/mol. The Labute approximate surface area is 99.1 Å². The van der Waals surface area contributed by atoms with Crippen molar-refractivity contribution in [2.75, 3.05) is 6.61 Å². The molecule has 2 heterocycles. The lowest BCUT2D eigenvalue weighted by Gasteiger charge is -2.29. The van der Waals surface area contributed by atoms with Crippen LogP contribution in [0.15, 0.2) is 15.7 Å². The molecule has 0 fully saturated rings. The summed E-state index contributed by atoms with van der Waals surface area (Å²) in [5, 5.41) is 15.4. The van der Waals surface area contributed by atoms with E-state index in [1.54, 1.807) is 0 Å². The van der Waals surface area contributed by atoms with Crippen LogP contribution in [-0.2, 0) is 0 Å². The van der Waals surface area contributed by atoms with Gasteiger partial charge in [-0.2, -0.15) is 0 Å². The molecule has 1 aliphatic rings. The Kier molecular flexibility index (Phi) is 3.72. The minimum atomic E-state index is 0.179. The van der Waals surface area contributed by atoms with Gasteiger partial charge in [-0.3, -0.25) is 0 Å². The Morgan fingerprint density at radius 3 is 3.20 bits per heavy atom. The van der Waals surface area contributed by atoms with Gasteiger partial charge in [-0.05, 0) is 30.4 Å². The van der Waals surface area contributed by atoms with E-state index in [9.17, 15) is 0 Å². The lowest BCUT2D eigenvalue weighted by atomic mass is 10.0. The number of aliphatic hydroxyl groups excluding tert-OH is 1. The molecule has 1 aromatic rings. The number of thioether (sulfide) groups is 1. The van der Waals surface area contributed by atoms with E-state index in [2.05, 4.69) is 23.7 Å². The molecule has 0 spiro atoms. The van der Waals surface area contributed by atoms with Crippen LogP contribution in [-0.4, -0.2) is 23.0 Å². The van der Waals surface area contributed by atoms with E-state index >= 15 is 0 Å². The third-order valence-corrected chi connectivity index (χ3v) is 5.01. The Balaban J connectivity index is 2.13. The quantitative estimate of drug-likeness (QED) is 0.856. The van der Waals surface area contributed by atoms with Crippen molar-refractivity contribution >= 4 is 23.1 Å². The molecule has 0 aliphatic carbocycles. The van der Waals surface area contributed by atoms with E-state index in [0.29, 0.717) is 11.3 Å². The van der Waals surface area contributed by atoms with Gasteiger partial charge in [0.2, 0.25) is 0 Å². The second-order valence-corrected chi connectivity index (χ2v) is 6.75. The van der Waals surface area contributed by atoms with Crippen LogP contribution in [0.4, 0.5) is 0 Å². The molecule has 0 bridgehead atoms. The maximum atomic E-state index is 9.06. The van der Waals surface area contributed by atoms with Crippen LogP contribution in [0.2, 0.25) is 0 Å². The molecule has 2 N–H and O–H groups in total. The summed E-state index contributed by atoms with van der Waals surface area (Å²) in [6.07, 6.45) is 1.15. The molecule has 0 saturated heterocycles. The number of aliphatic hydroxyl groups is 1. The molecule has 1 aliphatic heterocycles. The van der Waals surface area contributed by atoms with Crippen molar-refractivity contribution in [3.05, 3.63) is 17.0 Å². The van der Waals surface area contributed by atoms with Crippen molar-refractivity contribution in [3.63, 3.8) is 0 Å². The third-order valence-electron chi connectivity index (χ3n) is 2.67. The topological polar surface area (TPSA) is 32.3 Å². The number of nitrogens with one attached hydrogen (secondary N) is 1. The Bertz CT molecular complexity index is 326. The zero-order chi connectivity index (χ0) is 10.8. The van der Waals surface area contributed by atoms with Crippen LogP contribution in [0.5, 0.6) is 0 Å². The van der Waals surface area contributed by atoms with Crippen LogP contribution < -0.4 is 5.32 Å². The Morgan fingerprint density at radius 1 is 1.67 bits per heavy atom. The van der Waals surface area contributed by atoms with Crippen LogP contribution in [0.25, 0.3) is 0 Å². The van der Waals surface area contributed by atoms with E-state index < -0.39 is 0 Å². The molecule has 0 radical (unpaired) electrons. The van der Waals surface area contributed by atoms with Crippen molar-refractivity contribution < 1.29 is 5.11 Å². The average molecular weight is 243 g/mol. The zero-order valence-electron chi connectivity index (χ0n) is 9.06. The fraction of sp³-hybridized carbons (Fsp3) is 0.636. The SMILES string of the molecule is C[C@@H](CO)NC1C[C@H](C)Sc2sccc21. The van der Waals surface area contributed by atoms with Crippen LogP contribution in [0.1, 0.15) is 31.9 Å². The van der Waals surface area contributed by atoms with Gasteiger partial charge >= 0.3 is 0 Å². The van der Waals surface area contributed by atoms with E-state index in [0.717, 1.165) is 6.42 Å². The maximum Gasteiger partial charge on any atom is 0.0649 e. The number of rotatable bonds is 3. The predicted molar refractivity (Wildman–Crippen MR) is 66.7 cm³/mol. The summed E-state index contributed by atoms with van der Waals surface area (Å²) in [5.74, 6) is 0. The first-order valence-electron chi connectivity index (χ1n) is 5.31. The summed E-state index contributed by atoms with van der Waals surface area (Å²) in [5.41, 5.74) is 1.42. The lowest BCUT2D eigenvalue weighted by Crippen LogP contribution is -2.35. The lowest BCUT2D eigenvalue weighted by molar-refractivity contribution is 0.238.